The van der Waals surface area contributed by atoms with E-state index in [-0.39, 0.29) is 11.5 Å². The van der Waals surface area contributed by atoms with Crippen molar-refractivity contribution in [2.45, 2.75) is 64.5 Å². The third kappa shape index (κ3) is 5.68. The zero-order valence-electron chi connectivity index (χ0n) is 28.1. The van der Waals surface area contributed by atoms with Gasteiger partial charge in [-0.05, 0) is 80.5 Å². The largest absolute Gasteiger partial charge is 0.493 e. The molecule has 2 fully saturated rings. The lowest BCUT2D eigenvalue weighted by Gasteiger charge is -2.52. The summed E-state index contributed by atoms with van der Waals surface area (Å²) in [6.45, 7) is 9.79. The summed E-state index contributed by atoms with van der Waals surface area (Å²) >= 11 is 0. The fourth-order valence-corrected chi connectivity index (χ4v) is 8.20. The van der Waals surface area contributed by atoms with Gasteiger partial charge < -0.3 is 19.3 Å². The highest BCUT2D eigenvalue weighted by Gasteiger charge is 2.46. The smallest absolute Gasteiger partial charge is 0.225 e. The molecule has 0 radical (unpaired) electrons. The van der Waals surface area contributed by atoms with Crippen LogP contribution in [0.15, 0.2) is 42.9 Å². The second kappa shape index (κ2) is 13.1. The second-order valence-electron chi connectivity index (χ2n) is 13.0. The van der Waals surface area contributed by atoms with Gasteiger partial charge in [-0.25, -0.2) is 14.6 Å². The van der Waals surface area contributed by atoms with Crippen LogP contribution in [0.5, 0.6) is 11.5 Å². The first-order valence-corrected chi connectivity index (χ1v) is 17.1. The van der Waals surface area contributed by atoms with Gasteiger partial charge in [0.2, 0.25) is 5.91 Å². The number of hydrogen-bond acceptors (Lipinski definition) is 9. The number of pyridine rings is 1. The number of aryl methyl sites for hydroxylation is 1. The molecule has 2 aliphatic heterocycles. The minimum atomic E-state index is -0.0605. The number of fused-ring (bicyclic) bond motifs is 3. The third-order valence-electron chi connectivity index (χ3n) is 10.8. The summed E-state index contributed by atoms with van der Waals surface area (Å²) in [6, 6.07) is 10.5. The first-order valence-electron chi connectivity index (χ1n) is 17.1. The molecule has 4 aromatic rings. The van der Waals surface area contributed by atoms with Gasteiger partial charge in [0.05, 0.1) is 38.0 Å². The molecular weight excluding hydrogens is 592 g/mol. The van der Waals surface area contributed by atoms with Crippen LogP contribution in [0.2, 0.25) is 0 Å². The number of ether oxygens (including phenoxy) is 2. The van der Waals surface area contributed by atoms with Crippen LogP contribution in [-0.2, 0) is 29.7 Å². The molecule has 47 heavy (non-hydrogen) atoms. The van der Waals surface area contributed by atoms with Crippen molar-refractivity contribution < 1.29 is 14.3 Å². The zero-order chi connectivity index (χ0) is 32.5. The first kappa shape index (κ1) is 31.4. The molecule has 1 saturated carbocycles. The van der Waals surface area contributed by atoms with Crippen molar-refractivity contribution in [2.75, 3.05) is 58.4 Å². The molecule has 5 heterocycles. The Hall–Kier alpha value is -4.25. The van der Waals surface area contributed by atoms with E-state index in [1.54, 1.807) is 20.5 Å². The number of hydrogen-bond donors (Lipinski definition) is 0. The Bertz CT molecular complexity index is 1740. The van der Waals surface area contributed by atoms with Crippen molar-refractivity contribution in [3.63, 3.8) is 0 Å². The summed E-state index contributed by atoms with van der Waals surface area (Å²) in [6.07, 6.45) is 9.11. The SMILES string of the molecule is CCc1cccc(Cn2ncc3c(N4CCN(C(=O)C5CCC6(CC5)c5cc(OC)c(OC)cc5CCN6CC)CC4)ncnc32)n1. The number of anilines is 1. The van der Waals surface area contributed by atoms with E-state index in [4.69, 9.17) is 14.5 Å². The summed E-state index contributed by atoms with van der Waals surface area (Å²) in [4.78, 5) is 34.8. The van der Waals surface area contributed by atoms with Crippen LogP contribution in [0, 0.1) is 5.92 Å². The number of carbonyl (C=O) groups excluding carboxylic acids is 1. The average molecular weight is 639 g/mol. The van der Waals surface area contributed by atoms with Crippen molar-refractivity contribution >= 4 is 22.8 Å². The number of amides is 1. The average Bonchev–Trinajstić information content (AvgIpc) is 3.54. The molecule has 0 unspecified atom stereocenters. The number of aromatic nitrogens is 5. The highest BCUT2D eigenvalue weighted by molar-refractivity contribution is 5.87. The number of rotatable bonds is 8. The van der Waals surface area contributed by atoms with Gasteiger partial charge in [0.15, 0.2) is 17.1 Å². The second-order valence-corrected chi connectivity index (χ2v) is 13.0. The Kier molecular flexibility index (Phi) is 8.74. The number of benzene rings is 1. The molecule has 248 valence electrons. The Labute approximate surface area is 276 Å². The Morgan fingerprint density at radius 3 is 2.43 bits per heavy atom. The number of nitrogens with zero attached hydrogens (tertiary/aromatic N) is 8. The van der Waals surface area contributed by atoms with Crippen molar-refractivity contribution in [2.24, 2.45) is 5.92 Å². The lowest BCUT2D eigenvalue weighted by Crippen LogP contribution is -2.54. The van der Waals surface area contributed by atoms with E-state index in [0.717, 1.165) is 104 Å². The van der Waals surface area contributed by atoms with E-state index in [0.29, 0.717) is 25.5 Å². The predicted octanol–water partition coefficient (Wildman–Crippen LogP) is 4.46. The third-order valence-corrected chi connectivity index (χ3v) is 10.8. The van der Waals surface area contributed by atoms with Crippen LogP contribution in [0.4, 0.5) is 5.82 Å². The van der Waals surface area contributed by atoms with Gasteiger partial charge in [-0.2, -0.15) is 5.10 Å². The lowest BCUT2D eigenvalue weighted by atomic mass is 9.68. The van der Waals surface area contributed by atoms with Crippen molar-refractivity contribution in [3.8, 4) is 11.5 Å². The molecule has 1 aromatic carbocycles. The van der Waals surface area contributed by atoms with Crippen LogP contribution < -0.4 is 14.4 Å². The van der Waals surface area contributed by atoms with Gasteiger partial charge in [0.1, 0.15) is 12.1 Å². The fraction of sp³-hybridized carbons (Fsp3) is 0.528. The maximum absolute atomic E-state index is 13.9. The first-order chi connectivity index (χ1) is 23.0. The Morgan fingerprint density at radius 1 is 0.957 bits per heavy atom. The number of likely N-dealkylation sites (N-methyl/N-ethyl adjacent to an activating group) is 1. The summed E-state index contributed by atoms with van der Waals surface area (Å²) in [5, 5.41) is 5.58. The van der Waals surface area contributed by atoms with E-state index in [1.807, 2.05) is 29.1 Å². The highest BCUT2D eigenvalue weighted by Crippen LogP contribution is 2.50. The van der Waals surface area contributed by atoms with Gasteiger partial charge in [0.25, 0.3) is 0 Å². The summed E-state index contributed by atoms with van der Waals surface area (Å²) < 4.78 is 13.2. The topological polar surface area (TPSA) is 102 Å². The zero-order valence-corrected chi connectivity index (χ0v) is 28.1. The molecule has 3 aromatic heterocycles. The van der Waals surface area contributed by atoms with E-state index < -0.39 is 0 Å². The lowest BCUT2D eigenvalue weighted by molar-refractivity contribution is -0.138. The van der Waals surface area contributed by atoms with Crippen LogP contribution in [0.3, 0.4) is 0 Å². The van der Waals surface area contributed by atoms with Crippen LogP contribution in [0.25, 0.3) is 11.0 Å². The minimum absolute atomic E-state index is 0.0558. The summed E-state index contributed by atoms with van der Waals surface area (Å²) in [5.74, 6) is 2.81. The Morgan fingerprint density at radius 2 is 1.70 bits per heavy atom. The molecule has 3 aliphatic rings. The molecule has 11 nitrogen and oxygen atoms in total. The van der Waals surface area contributed by atoms with E-state index >= 15 is 0 Å². The van der Waals surface area contributed by atoms with Crippen molar-refractivity contribution in [1.29, 1.82) is 0 Å². The minimum Gasteiger partial charge on any atom is -0.493 e. The Balaban J connectivity index is 1.01. The quantitative estimate of drug-likeness (QED) is 0.277. The molecule has 11 heteroatoms. The van der Waals surface area contributed by atoms with Gasteiger partial charge in [-0.1, -0.05) is 19.9 Å². The molecule has 0 bridgehead atoms. The highest BCUT2D eigenvalue weighted by atomic mass is 16.5. The van der Waals surface area contributed by atoms with Crippen molar-refractivity contribution in [3.05, 3.63) is 65.4 Å². The van der Waals surface area contributed by atoms with E-state index in [9.17, 15) is 4.79 Å². The molecule has 1 aliphatic carbocycles. The normalized spacial score (nSPS) is 21.7. The van der Waals surface area contributed by atoms with E-state index in [2.05, 4.69) is 55.7 Å². The predicted molar refractivity (Wildman–Crippen MR) is 181 cm³/mol. The molecule has 1 amide bonds. The van der Waals surface area contributed by atoms with Gasteiger partial charge >= 0.3 is 0 Å². The van der Waals surface area contributed by atoms with Crippen molar-refractivity contribution in [1.82, 2.24) is 34.5 Å². The fourth-order valence-electron chi connectivity index (χ4n) is 8.20. The number of piperazine rings is 1. The summed E-state index contributed by atoms with van der Waals surface area (Å²) in [5.41, 5.74) is 5.47. The van der Waals surface area contributed by atoms with Crippen LogP contribution in [-0.4, -0.2) is 93.9 Å². The molecule has 0 N–H and O–H groups in total. The molecule has 0 atom stereocenters. The molecule has 1 saturated heterocycles. The van der Waals surface area contributed by atoms with Crippen LogP contribution >= 0.6 is 0 Å². The molecular formula is C36H46N8O3. The van der Waals surface area contributed by atoms with Gasteiger partial charge in [0, 0.05) is 49.9 Å². The monoisotopic (exact) mass is 638 g/mol. The molecule has 7 rings (SSSR count). The standard InChI is InChI=1S/C36H46N8O3/c1-5-27-8-7-9-28(40-27)23-44-34-29(22-39-44)33(37-24-38-34)41-16-18-42(19-17-41)35(45)25-10-13-36(14-11-25)30-21-32(47-4)31(46-3)20-26(30)12-15-43(36)6-2/h7-9,20-22,24-25H,5-6,10-19,23H2,1-4H3. The van der Waals surface area contributed by atoms with Gasteiger partial charge in [-0.15, -0.1) is 0 Å². The molecule has 1 spiro atoms. The summed E-state index contributed by atoms with van der Waals surface area (Å²) in [7, 11) is 3.41. The van der Waals surface area contributed by atoms with Crippen LogP contribution in [0.1, 0.15) is 62.0 Å². The maximum atomic E-state index is 13.9. The number of carbonyl (C=O) groups is 1. The van der Waals surface area contributed by atoms with Gasteiger partial charge in [-0.3, -0.25) is 14.7 Å². The van der Waals surface area contributed by atoms with E-state index in [1.165, 1.54) is 11.1 Å². The maximum Gasteiger partial charge on any atom is 0.225 e. The number of methoxy groups -OCH3 is 2.